The number of pyridine rings is 1. The van der Waals surface area contributed by atoms with E-state index in [0.29, 0.717) is 27.4 Å². The molecule has 0 radical (unpaired) electrons. The molecule has 0 saturated heterocycles. The van der Waals surface area contributed by atoms with Gasteiger partial charge in [-0.2, -0.15) is 0 Å². The van der Waals surface area contributed by atoms with Gasteiger partial charge in [0.2, 0.25) is 5.91 Å². The van der Waals surface area contributed by atoms with Gasteiger partial charge < -0.3 is 10.4 Å². The number of carbonyl (C=O) groups is 1. The van der Waals surface area contributed by atoms with Crippen LogP contribution in [0, 0.1) is 5.92 Å². The number of rotatable bonds is 5. The summed E-state index contributed by atoms with van der Waals surface area (Å²) in [6.07, 6.45) is 1.61. The van der Waals surface area contributed by atoms with Crippen LogP contribution >= 0.6 is 11.6 Å². The average molecular weight is 397 g/mol. The molecule has 3 aromatic rings. The molecule has 2 N–H and O–H groups in total. The summed E-state index contributed by atoms with van der Waals surface area (Å²) in [4.78, 5) is 16.8. The monoisotopic (exact) mass is 396 g/mol. The van der Waals surface area contributed by atoms with Gasteiger partial charge in [-0.1, -0.05) is 63.6 Å². The van der Waals surface area contributed by atoms with Crippen molar-refractivity contribution in [1.29, 1.82) is 0 Å². The van der Waals surface area contributed by atoms with Gasteiger partial charge in [0.25, 0.3) is 0 Å². The third kappa shape index (κ3) is 3.97. The van der Waals surface area contributed by atoms with Gasteiger partial charge in [-0.05, 0) is 35.2 Å². The van der Waals surface area contributed by atoms with Crippen molar-refractivity contribution in [3.05, 3.63) is 70.4 Å². The van der Waals surface area contributed by atoms with E-state index in [-0.39, 0.29) is 17.6 Å². The number of nitrogens with zero attached hydrogens (tertiary/aromatic N) is 1. The van der Waals surface area contributed by atoms with Gasteiger partial charge in [0, 0.05) is 23.1 Å². The molecule has 146 valence electrons. The Morgan fingerprint density at radius 2 is 1.71 bits per heavy atom. The van der Waals surface area contributed by atoms with Crippen molar-refractivity contribution in [3.8, 4) is 5.75 Å². The number of halogens is 1. The normalized spacial score (nSPS) is 12.5. The lowest BCUT2D eigenvalue weighted by atomic mass is 9.93. The number of carbonyl (C=O) groups excluding carboxylic acids is 1. The van der Waals surface area contributed by atoms with Gasteiger partial charge in [0.15, 0.2) is 0 Å². The topological polar surface area (TPSA) is 62.2 Å². The zero-order chi connectivity index (χ0) is 20.4. The molecule has 4 nitrogen and oxygen atoms in total. The smallest absolute Gasteiger partial charge is 0.223 e. The van der Waals surface area contributed by atoms with Crippen molar-refractivity contribution >= 4 is 28.4 Å². The van der Waals surface area contributed by atoms with Crippen molar-refractivity contribution in [2.45, 2.75) is 39.7 Å². The van der Waals surface area contributed by atoms with Gasteiger partial charge >= 0.3 is 0 Å². The van der Waals surface area contributed by atoms with Gasteiger partial charge in [-0.15, -0.1) is 0 Å². The number of hydrogen-bond acceptors (Lipinski definition) is 3. The molecule has 2 aromatic carbocycles. The van der Waals surface area contributed by atoms with E-state index >= 15 is 0 Å². The zero-order valence-electron chi connectivity index (χ0n) is 16.5. The summed E-state index contributed by atoms with van der Waals surface area (Å²) >= 11 is 6.47. The number of phenolic OH excluding ortho intramolecular Hbond substituents is 1. The SMILES string of the molecule is CC(C)C(=O)NC(c1ccc(C(C)C)cc1)c1cc(Cl)c2cccnc2c1O. The third-order valence-corrected chi connectivity index (χ3v) is 5.22. The minimum absolute atomic E-state index is 0.0296. The molecule has 3 rings (SSSR count). The predicted octanol–water partition coefficient (Wildman–Crippen LogP) is 5.58. The number of nitrogens with one attached hydrogen (secondary N) is 1. The molecule has 1 amide bonds. The summed E-state index contributed by atoms with van der Waals surface area (Å²) in [5, 5.41) is 15.1. The Hall–Kier alpha value is -2.59. The van der Waals surface area contributed by atoms with E-state index < -0.39 is 6.04 Å². The number of aromatic nitrogens is 1. The number of fused-ring (bicyclic) bond motifs is 1. The summed E-state index contributed by atoms with van der Waals surface area (Å²) < 4.78 is 0. The Kier molecular flexibility index (Phi) is 5.90. The van der Waals surface area contributed by atoms with Crippen LogP contribution < -0.4 is 5.32 Å². The van der Waals surface area contributed by atoms with Crippen molar-refractivity contribution in [1.82, 2.24) is 10.3 Å². The largest absolute Gasteiger partial charge is 0.505 e. The van der Waals surface area contributed by atoms with Crippen molar-refractivity contribution in [2.75, 3.05) is 0 Å². The fourth-order valence-electron chi connectivity index (χ4n) is 3.15. The number of phenols is 1. The Bertz CT molecular complexity index is 997. The van der Waals surface area contributed by atoms with E-state index in [9.17, 15) is 9.90 Å². The second-order valence-electron chi connectivity index (χ2n) is 7.61. The molecule has 0 aliphatic rings. The molecule has 5 heteroatoms. The average Bonchev–Trinajstić information content (AvgIpc) is 2.69. The van der Waals surface area contributed by atoms with Gasteiger partial charge in [0.1, 0.15) is 11.3 Å². The van der Waals surface area contributed by atoms with E-state index in [1.54, 1.807) is 18.3 Å². The first-order chi connectivity index (χ1) is 13.3. The number of aromatic hydroxyl groups is 1. The van der Waals surface area contributed by atoms with Crippen LogP contribution in [0.15, 0.2) is 48.7 Å². The molecule has 1 atom stereocenters. The Balaban J connectivity index is 2.15. The fourth-order valence-corrected chi connectivity index (χ4v) is 3.42. The van der Waals surface area contributed by atoms with Crippen molar-refractivity contribution < 1.29 is 9.90 Å². The molecule has 0 fully saturated rings. The first-order valence-electron chi connectivity index (χ1n) is 9.46. The molecule has 1 aromatic heterocycles. The molecule has 0 aliphatic carbocycles. The van der Waals surface area contributed by atoms with Gasteiger partial charge in [-0.3, -0.25) is 9.78 Å². The predicted molar refractivity (Wildman–Crippen MR) is 114 cm³/mol. The molecule has 0 spiro atoms. The highest BCUT2D eigenvalue weighted by molar-refractivity contribution is 6.35. The zero-order valence-corrected chi connectivity index (χ0v) is 17.3. The van der Waals surface area contributed by atoms with E-state index in [2.05, 4.69) is 24.1 Å². The maximum Gasteiger partial charge on any atom is 0.223 e. The molecule has 1 heterocycles. The molecule has 0 aliphatic heterocycles. The molecule has 1 unspecified atom stereocenters. The number of hydrogen-bond donors (Lipinski definition) is 2. The summed E-state index contributed by atoms with van der Waals surface area (Å²) in [7, 11) is 0. The van der Waals surface area contributed by atoms with Crippen LogP contribution in [0.2, 0.25) is 5.02 Å². The first kappa shape index (κ1) is 20.2. The summed E-state index contributed by atoms with van der Waals surface area (Å²) in [6, 6.07) is 12.8. The summed E-state index contributed by atoms with van der Waals surface area (Å²) in [6.45, 7) is 7.94. The van der Waals surface area contributed by atoms with Gasteiger partial charge in [0.05, 0.1) is 11.1 Å². The quantitative estimate of drug-likeness (QED) is 0.591. The van der Waals surface area contributed by atoms with Crippen LogP contribution in [-0.2, 0) is 4.79 Å². The van der Waals surface area contributed by atoms with E-state index in [1.165, 1.54) is 5.56 Å². The maximum atomic E-state index is 12.5. The summed E-state index contributed by atoms with van der Waals surface area (Å²) in [5.74, 6) is 0.149. The lowest BCUT2D eigenvalue weighted by Gasteiger charge is -2.23. The van der Waals surface area contributed by atoms with E-state index in [0.717, 1.165) is 5.56 Å². The molecule has 0 bridgehead atoms. The molecule has 0 saturated carbocycles. The number of amides is 1. The third-order valence-electron chi connectivity index (χ3n) is 4.90. The van der Waals surface area contributed by atoms with Crippen LogP contribution in [0.25, 0.3) is 10.9 Å². The Labute approximate surface area is 170 Å². The van der Waals surface area contributed by atoms with Crippen LogP contribution in [0.1, 0.15) is 56.3 Å². The van der Waals surface area contributed by atoms with Crippen LogP contribution in [0.4, 0.5) is 0 Å². The van der Waals surface area contributed by atoms with Crippen LogP contribution in [-0.4, -0.2) is 16.0 Å². The minimum atomic E-state index is -0.528. The van der Waals surface area contributed by atoms with E-state index in [1.807, 2.05) is 44.2 Å². The molecular formula is C23H25ClN2O2. The highest BCUT2D eigenvalue weighted by Gasteiger charge is 2.24. The van der Waals surface area contributed by atoms with Crippen LogP contribution in [0.5, 0.6) is 5.75 Å². The van der Waals surface area contributed by atoms with Crippen molar-refractivity contribution in [3.63, 3.8) is 0 Å². The molecular weight excluding hydrogens is 372 g/mol. The second-order valence-corrected chi connectivity index (χ2v) is 8.02. The lowest BCUT2D eigenvalue weighted by molar-refractivity contribution is -0.124. The number of benzene rings is 2. The second kappa shape index (κ2) is 8.19. The highest BCUT2D eigenvalue weighted by atomic mass is 35.5. The maximum absolute atomic E-state index is 12.5. The Morgan fingerprint density at radius 1 is 1.07 bits per heavy atom. The highest BCUT2D eigenvalue weighted by Crippen LogP contribution is 2.38. The van der Waals surface area contributed by atoms with E-state index in [4.69, 9.17) is 11.6 Å². The van der Waals surface area contributed by atoms with Crippen LogP contribution in [0.3, 0.4) is 0 Å². The van der Waals surface area contributed by atoms with Gasteiger partial charge in [-0.25, -0.2) is 0 Å². The summed E-state index contributed by atoms with van der Waals surface area (Å²) in [5.41, 5.74) is 3.04. The standard InChI is InChI=1S/C23H25ClN2O2/c1-13(2)15-7-9-16(10-8-15)20(26-23(28)14(3)4)18-12-19(24)17-6-5-11-25-21(17)22(18)27/h5-14,20,27H,1-4H3,(H,26,28). The fraction of sp³-hybridized carbons (Fsp3) is 0.304. The first-order valence-corrected chi connectivity index (χ1v) is 9.83. The molecule has 28 heavy (non-hydrogen) atoms. The Morgan fingerprint density at radius 3 is 2.32 bits per heavy atom. The minimum Gasteiger partial charge on any atom is -0.505 e. The lowest BCUT2D eigenvalue weighted by Crippen LogP contribution is -2.32. The van der Waals surface area contributed by atoms with Crippen molar-refractivity contribution in [2.24, 2.45) is 5.92 Å².